The molecule has 194 valence electrons. The van der Waals surface area contributed by atoms with Crippen LogP contribution in [-0.4, -0.2) is 35.7 Å². The highest BCUT2D eigenvalue weighted by molar-refractivity contribution is 5.80. The molecule has 1 N–H and O–H groups in total. The normalized spacial score (nSPS) is 11.0. The minimum Gasteiger partial charge on any atom is -0.497 e. The second-order valence-corrected chi connectivity index (χ2v) is 9.04. The van der Waals surface area contributed by atoms with E-state index in [0.29, 0.717) is 46.8 Å². The quantitative estimate of drug-likeness (QED) is 0.321. The van der Waals surface area contributed by atoms with Gasteiger partial charge in [-0.05, 0) is 41.0 Å². The van der Waals surface area contributed by atoms with Gasteiger partial charge in [0.1, 0.15) is 17.2 Å². The van der Waals surface area contributed by atoms with Crippen LogP contribution in [0.3, 0.4) is 0 Å². The third-order valence-electron chi connectivity index (χ3n) is 6.57. The van der Waals surface area contributed by atoms with Gasteiger partial charge in [-0.25, -0.2) is 4.68 Å². The highest BCUT2D eigenvalue weighted by Crippen LogP contribution is 2.25. The van der Waals surface area contributed by atoms with Crippen molar-refractivity contribution in [3.63, 3.8) is 0 Å². The van der Waals surface area contributed by atoms with Gasteiger partial charge in [-0.2, -0.15) is 0 Å². The predicted octanol–water partition coefficient (Wildman–Crippen LogP) is 4.20. The van der Waals surface area contributed by atoms with Crippen molar-refractivity contribution in [2.45, 2.75) is 19.5 Å². The molecule has 5 aromatic rings. The van der Waals surface area contributed by atoms with Crippen molar-refractivity contribution in [2.75, 3.05) is 21.3 Å². The molecule has 3 aromatic carbocycles. The number of nitrogens with one attached hydrogen (secondary N) is 1. The molecule has 0 aliphatic carbocycles. The Morgan fingerprint density at radius 2 is 1.34 bits per heavy atom. The van der Waals surface area contributed by atoms with E-state index in [4.69, 9.17) is 14.2 Å². The van der Waals surface area contributed by atoms with E-state index in [0.717, 1.165) is 16.7 Å². The summed E-state index contributed by atoms with van der Waals surface area (Å²) < 4.78 is 19.5. The predicted molar refractivity (Wildman–Crippen MR) is 147 cm³/mol. The largest absolute Gasteiger partial charge is 0.497 e. The van der Waals surface area contributed by atoms with Gasteiger partial charge < -0.3 is 18.8 Å². The fourth-order valence-electron chi connectivity index (χ4n) is 4.71. The van der Waals surface area contributed by atoms with Crippen LogP contribution in [0.1, 0.15) is 22.4 Å². The van der Waals surface area contributed by atoms with Gasteiger partial charge in [-0.1, -0.05) is 42.5 Å². The van der Waals surface area contributed by atoms with E-state index in [1.54, 1.807) is 36.6 Å². The molecule has 0 saturated carbocycles. The SMILES string of the molecule is COc1cccc(Cc2c3c(=O)n(Cc4ccccc4)[nH]c3cc(=O)n2Cc2cc(OC)cc(OC)c2)c1. The van der Waals surface area contributed by atoms with Gasteiger partial charge in [0.15, 0.2) is 0 Å². The summed E-state index contributed by atoms with van der Waals surface area (Å²) in [4.78, 5) is 27.2. The van der Waals surface area contributed by atoms with E-state index in [2.05, 4.69) is 5.10 Å². The zero-order valence-electron chi connectivity index (χ0n) is 21.6. The van der Waals surface area contributed by atoms with Crippen molar-refractivity contribution in [3.05, 3.63) is 122 Å². The standard InChI is InChI=1S/C30H29N3O5/c1-36-23-11-7-10-21(12-23)15-27-29-26(31-33(30(29)35)19-20-8-5-4-6-9-20)17-28(34)32(27)18-22-13-24(37-2)16-25(14-22)38-3/h4-14,16-17,31H,15,18-19H2,1-3H3. The molecule has 0 aliphatic rings. The Balaban J connectivity index is 1.68. The topological polar surface area (TPSA) is 87.5 Å². The molecule has 0 bridgehead atoms. The van der Waals surface area contributed by atoms with Crippen molar-refractivity contribution < 1.29 is 14.2 Å². The number of rotatable bonds is 9. The molecule has 0 saturated heterocycles. The van der Waals surface area contributed by atoms with Gasteiger partial charge in [0.2, 0.25) is 0 Å². The summed E-state index contributed by atoms with van der Waals surface area (Å²) in [7, 11) is 4.78. The summed E-state index contributed by atoms with van der Waals surface area (Å²) in [6.07, 6.45) is 0.364. The highest BCUT2D eigenvalue weighted by atomic mass is 16.5. The lowest BCUT2D eigenvalue weighted by Crippen LogP contribution is -2.26. The monoisotopic (exact) mass is 511 g/mol. The first-order valence-corrected chi connectivity index (χ1v) is 12.2. The Labute approximate surface area is 219 Å². The van der Waals surface area contributed by atoms with Crippen molar-refractivity contribution in [3.8, 4) is 17.2 Å². The highest BCUT2D eigenvalue weighted by Gasteiger charge is 2.19. The van der Waals surface area contributed by atoms with Crippen LogP contribution in [0.25, 0.3) is 10.9 Å². The van der Waals surface area contributed by atoms with Crippen LogP contribution in [0.5, 0.6) is 17.2 Å². The Kier molecular flexibility index (Phi) is 7.04. The summed E-state index contributed by atoms with van der Waals surface area (Å²) >= 11 is 0. The fraction of sp³-hybridized carbons (Fsp3) is 0.200. The number of nitrogens with zero attached hydrogens (tertiary/aromatic N) is 2. The van der Waals surface area contributed by atoms with E-state index in [1.807, 2.05) is 66.7 Å². The summed E-state index contributed by atoms with van der Waals surface area (Å²) in [5, 5.41) is 3.64. The summed E-state index contributed by atoms with van der Waals surface area (Å²) in [5.74, 6) is 1.95. The molecule has 0 unspecified atom stereocenters. The number of methoxy groups -OCH3 is 3. The summed E-state index contributed by atoms with van der Waals surface area (Å²) in [6.45, 7) is 0.610. The maximum atomic E-state index is 13.7. The van der Waals surface area contributed by atoms with Gasteiger partial charge in [0.05, 0.1) is 45.3 Å². The maximum absolute atomic E-state index is 13.7. The average Bonchev–Trinajstić information content (AvgIpc) is 3.24. The first-order valence-electron chi connectivity index (χ1n) is 12.2. The number of pyridine rings is 1. The molecule has 2 heterocycles. The maximum Gasteiger partial charge on any atom is 0.276 e. The van der Waals surface area contributed by atoms with E-state index >= 15 is 0 Å². The van der Waals surface area contributed by atoms with Crippen molar-refractivity contribution in [2.24, 2.45) is 0 Å². The summed E-state index contributed by atoms with van der Waals surface area (Å²) in [5.41, 5.74) is 3.44. The molecule has 8 heteroatoms. The number of H-pyrrole nitrogens is 1. The zero-order valence-corrected chi connectivity index (χ0v) is 21.6. The Morgan fingerprint density at radius 3 is 2.03 bits per heavy atom. The van der Waals surface area contributed by atoms with Crippen LogP contribution in [0.2, 0.25) is 0 Å². The lowest BCUT2D eigenvalue weighted by atomic mass is 10.0. The molecule has 0 amide bonds. The van der Waals surface area contributed by atoms with Crippen LogP contribution in [0.4, 0.5) is 0 Å². The molecule has 8 nitrogen and oxygen atoms in total. The molecule has 0 radical (unpaired) electrons. The lowest BCUT2D eigenvalue weighted by Gasteiger charge is -2.16. The fourth-order valence-corrected chi connectivity index (χ4v) is 4.71. The minimum absolute atomic E-state index is 0.182. The average molecular weight is 512 g/mol. The molecule has 0 spiro atoms. The number of aromatic nitrogens is 3. The number of hydrogen-bond donors (Lipinski definition) is 1. The lowest BCUT2D eigenvalue weighted by molar-refractivity contribution is 0.393. The van der Waals surface area contributed by atoms with Gasteiger partial charge in [-0.3, -0.25) is 14.7 Å². The van der Waals surface area contributed by atoms with E-state index in [-0.39, 0.29) is 17.7 Å². The summed E-state index contributed by atoms with van der Waals surface area (Å²) in [6, 6.07) is 24.4. The van der Waals surface area contributed by atoms with E-state index in [9.17, 15) is 9.59 Å². The Hall–Kier alpha value is -4.72. The van der Waals surface area contributed by atoms with Gasteiger partial charge in [-0.15, -0.1) is 0 Å². The van der Waals surface area contributed by atoms with Gasteiger partial charge in [0.25, 0.3) is 11.1 Å². The van der Waals surface area contributed by atoms with E-state index in [1.165, 1.54) is 6.07 Å². The van der Waals surface area contributed by atoms with Crippen LogP contribution in [-0.2, 0) is 19.5 Å². The van der Waals surface area contributed by atoms with Crippen LogP contribution in [0.15, 0.2) is 88.5 Å². The van der Waals surface area contributed by atoms with Gasteiger partial charge >= 0.3 is 0 Å². The molecule has 0 fully saturated rings. The molecule has 0 aliphatic heterocycles. The molecule has 5 rings (SSSR count). The third kappa shape index (κ3) is 5.06. The minimum atomic E-state index is -0.217. The molecule has 0 atom stereocenters. The zero-order chi connectivity index (χ0) is 26.6. The van der Waals surface area contributed by atoms with Gasteiger partial charge in [0, 0.05) is 24.2 Å². The number of benzene rings is 3. The van der Waals surface area contributed by atoms with Crippen molar-refractivity contribution in [1.29, 1.82) is 0 Å². The first kappa shape index (κ1) is 25.0. The Bertz CT molecular complexity index is 1680. The second kappa shape index (κ2) is 10.7. The van der Waals surface area contributed by atoms with Crippen LogP contribution in [0, 0.1) is 0 Å². The molecule has 38 heavy (non-hydrogen) atoms. The van der Waals surface area contributed by atoms with Crippen molar-refractivity contribution >= 4 is 10.9 Å². The van der Waals surface area contributed by atoms with Crippen LogP contribution >= 0.6 is 0 Å². The third-order valence-corrected chi connectivity index (χ3v) is 6.57. The molecular formula is C30H29N3O5. The first-order chi connectivity index (χ1) is 18.5. The van der Waals surface area contributed by atoms with E-state index < -0.39 is 0 Å². The van der Waals surface area contributed by atoms with Crippen molar-refractivity contribution in [1.82, 2.24) is 14.3 Å². The van der Waals surface area contributed by atoms with Crippen LogP contribution < -0.4 is 25.3 Å². The number of hydrogen-bond acceptors (Lipinski definition) is 5. The Morgan fingerprint density at radius 1 is 0.684 bits per heavy atom. The number of aromatic amines is 1. The molecular weight excluding hydrogens is 482 g/mol. The number of fused-ring (bicyclic) bond motifs is 1. The second-order valence-electron chi connectivity index (χ2n) is 9.04. The smallest absolute Gasteiger partial charge is 0.276 e. The molecule has 2 aromatic heterocycles. The number of ether oxygens (including phenoxy) is 3.